The van der Waals surface area contributed by atoms with Crippen molar-refractivity contribution in [3.8, 4) is 0 Å². The minimum absolute atomic E-state index is 0. The third-order valence-electron chi connectivity index (χ3n) is 1.07. The van der Waals surface area contributed by atoms with Gasteiger partial charge in [-0.05, 0) is 12.9 Å². The molecule has 0 spiro atoms. The molecule has 0 bridgehead atoms. The zero-order valence-electron chi connectivity index (χ0n) is 7.68. The van der Waals surface area contributed by atoms with E-state index in [1.807, 2.05) is 0 Å². The van der Waals surface area contributed by atoms with Crippen molar-refractivity contribution < 1.29 is 55.3 Å². The molecule has 1 aromatic carbocycles. The van der Waals surface area contributed by atoms with E-state index in [2.05, 4.69) is 0 Å². The summed E-state index contributed by atoms with van der Waals surface area (Å²) in [5.41, 5.74) is 0. The minimum atomic E-state index is -5.14. The molecule has 86 valence electrons. The fourth-order valence-corrected chi connectivity index (χ4v) is 1.15. The van der Waals surface area contributed by atoms with Gasteiger partial charge in [-0.25, -0.2) is 0 Å². The topological polar surface area (TPSA) is 147 Å². The molecule has 0 aliphatic carbocycles. The van der Waals surface area contributed by atoms with Crippen LogP contribution >= 0.6 is 15.4 Å². The van der Waals surface area contributed by atoms with Crippen LogP contribution in [0.4, 0.5) is 0 Å². The first kappa shape index (κ1) is 18.6. The van der Waals surface area contributed by atoms with Crippen molar-refractivity contribution in [2.45, 2.75) is 0 Å². The van der Waals surface area contributed by atoms with E-state index in [9.17, 15) is 14.4 Å². The van der Waals surface area contributed by atoms with Crippen LogP contribution in [0.2, 0.25) is 0 Å². The fraction of sp³-hybridized carbons (Fsp3) is 0. The molecule has 10 heteroatoms. The summed E-state index contributed by atoms with van der Waals surface area (Å²) >= 11 is 0. The molecule has 0 amide bonds. The Bertz CT molecular complexity index is 375. The van der Waals surface area contributed by atoms with Crippen molar-refractivity contribution in [3.63, 3.8) is 0 Å². The molecule has 0 aliphatic rings. The molecule has 0 radical (unpaired) electrons. The van der Waals surface area contributed by atoms with Gasteiger partial charge in [0.1, 0.15) is 0 Å². The van der Waals surface area contributed by atoms with E-state index >= 15 is 0 Å². The Kier molecular flexibility index (Phi) is 8.71. The largest absolute Gasteiger partial charge is 4.00 e. The van der Waals surface area contributed by atoms with E-state index in [1.165, 1.54) is 24.3 Å². The molecule has 16 heavy (non-hydrogen) atoms. The molecular formula is C6H6O7P2Ti. The van der Waals surface area contributed by atoms with E-state index in [1.54, 1.807) is 6.07 Å². The maximum absolute atomic E-state index is 10.3. The molecular weight excluding hydrogens is 294 g/mol. The van der Waals surface area contributed by atoms with Crippen LogP contribution in [0.25, 0.3) is 0 Å². The van der Waals surface area contributed by atoms with E-state index in [4.69, 9.17) is 19.2 Å². The SMILES string of the molecule is O=P([O-])([O-])O.O=P([O-])([O-])c1ccccc1.[Ti+4]. The Balaban J connectivity index is 0. The van der Waals surface area contributed by atoms with Crippen molar-refractivity contribution in [2.75, 3.05) is 0 Å². The number of hydrogen-bond acceptors (Lipinski definition) is 6. The molecule has 0 unspecified atom stereocenters. The van der Waals surface area contributed by atoms with Crippen LogP contribution < -0.4 is 24.9 Å². The second-order valence-electron chi connectivity index (χ2n) is 2.30. The van der Waals surface area contributed by atoms with Gasteiger partial charge in [-0.2, -0.15) is 0 Å². The maximum Gasteiger partial charge on any atom is 4.00 e. The van der Waals surface area contributed by atoms with Gasteiger partial charge in [0.05, 0.1) is 7.82 Å². The zero-order chi connectivity index (χ0) is 12.1. The van der Waals surface area contributed by atoms with Crippen LogP contribution in [-0.4, -0.2) is 4.89 Å². The predicted octanol–water partition coefficient (Wildman–Crippen LogP) is -2.97. The second kappa shape index (κ2) is 7.51. The van der Waals surface area contributed by atoms with Crippen LogP contribution in [0, 0.1) is 0 Å². The predicted molar refractivity (Wildman–Crippen MR) is 43.5 cm³/mol. The summed E-state index contributed by atoms with van der Waals surface area (Å²) in [6, 6.07) is 7.23. The Labute approximate surface area is 106 Å². The van der Waals surface area contributed by atoms with Gasteiger partial charge in [-0.15, -0.1) is 0 Å². The van der Waals surface area contributed by atoms with Crippen molar-refractivity contribution in [3.05, 3.63) is 30.3 Å². The van der Waals surface area contributed by atoms with Gasteiger partial charge in [0.15, 0.2) is 0 Å². The summed E-state index contributed by atoms with van der Waals surface area (Å²) in [6.45, 7) is 0. The van der Waals surface area contributed by atoms with Crippen LogP contribution in [0.15, 0.2) is 30.3 Å². The summed E-state index contributed by atoms with van der Waals surface area (Å²) in [5.74, 6) is 0. The number of phosphoric acid groups is 1. The van der Waals surface area contributed by atoms with E-state index in [0.717, 1.165) is 0 Å². The van der Waals surface area contributed by atoms with Crippen LogP contribution in [0.3, 0.4) is 0 Å². The summed E-state index contributed by atoms with van der Waals surface area (Å²) in [7, 11) is -9.66. The summed E-state index contributed by atoms with van der Waals surface area (Å²) in [4.78, 5) is 44.9. The summed E-state index contributed by atoms with van der Waals surface area (Å²) in [5, 5.41) is -0.157. The fourth-order valence-electron chi connectivity index (χ4n) is 0.611. The Morgan fingerprint density at radius 3 is 1.44 bits per heavy atom. The molecule has 7 nitrogen and oxygen atoms in total. The summed E-state index contributed by atoms with van der Waals surface area (Å²) in [6.07, 6.45) is 0. The summed E-state index contributed by atoms with van der Waals surface area (Å²) < 4.78 is 19.0. The monoisotopic (exact) mass is 300 g/mol. The van der Waals surface area contributed by atoms with Gasteiger partial charge < -0.3 is 33.6 Å². The van der Waals surface area contributed by atoms with Crippen LogP contribution in [0.5, 0.6) is 0 Å². The Hall–Kier alpha value is 0.194. The van der Waals surface area contributed by atoms with Gasteiger partial charge in [-0.1, -0.05) is 30.3 Å². The van der Waals surface area contributed by atoms with Gasteiger partial charge in [-0.3, -0.25) is 0 Å². The van der Waals surface area contributed by atoms with Gasteiger partial charge in [0, 0.05) is 0 Å². The first-order valence-electron chi connectivity index (χ1n) is 3.43. The standard InChI is InChI=1S/C6H7O3P.H3O4P.Ti/c7-10(8,9)6-4-2-1-3-5-6;1-5(2,3)4;/h1-5H,(H2,7,8,9);(H3,1,2,3,4);/q;;+4/p-4. The molecule has 0 saturated carbocycles. The molecule has 1 rings (SSSR count). The van der Waals surface area contributed by atoms with E-state index < -0.39 is 15.4 Å². The maximum atomic E-state index is 10.3. The Morgan fingerprint density at radius 2 is 1.25 bits per heavy atom. The van der Waals surface area contributed by atoms with Gasteiger partial charge in [0.25, 0.3) is 0 Å². The molecule has 0 aliphatic heterocycles. The van der Waals surface area contributed by atoms with E-state index in [0.29, 0.717) is 0 Å². The minimum Gasteiger partial charge on any atom is -0.807 e. The average molecular weight is 300 g/mol. The van der Waals surface area contributed by atoms with Crippen molar-refractivity contribution >= 4 is 20.7 Å². The molecule has 0 fully saturated rings. The first-order valence-corrected chi connectivity index (χ1v) is 6.47. The molecule has 0 heterocycles. The molecule has 1 aromatic rings. The molecule has 0 aromatic heterocycles. The number of hydrogen-bond donors (Lipinski definition) is 1. The zero-order valence-corrected chi connectivity index (χ0v) is 11.0. The number of benzene rings is 1. The van der Waals surface area contributed by atoms with Crippen molar-refractivity contribution in [1.29, 1.82) is 0 Å². The number of rotatable bonds is 1. The first-order chi connectivity index (χ1) is 6.61. The van der Waals surface area contributed by atoms with Crippen LogP contribution in [0.1, 0.15) is 0 Å². The quantitative estimate of drug-likeness (QED) is 0.430. The van der Waals surface area contributed by atoms with Gasteiger partial charge >= 0.3 is 21.7 Å². The normalized spacial score (nSPS) is 10.8. The second-order valence-corrected chi connectivity index (χ2v) is 4.75. The van der Waals surface area contributed by atoms with Crippen molar-refractivity contribution in [2.24, 2.45) is 0 Å². The third-order valence-corrected chi connectivity index (χ3v) is 2.00. The molecule has 1 N–H and O–H groups in total. The van der Waals surface area contributed by atoms with E-state index in [-0.39, 0.29) is 27.0 Å². The molecule has 0 saturated heterocycles. The molecule has 0 atom stereocenters. The van der Waals surface area contributed by atoms with Crippen molar-refractivity contribution in [1.82, 2.24) is 0 Å². The van der Waals surface area contributed by atoms with Gasteiger partial charge in [0.2, 0.25) is 0 Å². The smallest absolute Gasteiger partial charge is 0.807 e. The third kappa shape index (κ3) is 12.3. The Morgan fingerprint density at radius 1 is 0.938 bits per heavy atom. The average Bonchev–Trinajstić information content (AvgIpc) is 2.01. The van der Waals surface area contributed by atoms with Crippen LogP contribution in [-0.2, 0) is 30.8 Å².